The Balaban J connectivity index is 2.96. The van der Waals surface area contributed by atoms with Crippen molar-refractivity contribution in [1.82, 2.24) is 0 Å². The molecular weight excluding hydrogens is 304 g/mol. The predicted molar refractivity (Wildman–Crippen MR) is 82.8 cm³/mol. The van der Waals surface area contributed by atoms with E-state index in [-0.39, 0.29) is 17.4 Å². The number of aldehydes is 1. The van der Waals surface area contributed by atoms with Gasteiger partial charge in [-0.15, -0.1) is 0 Å². The molecule has 0 amide bonds. The molecular formula is C16H23BrO2. The summed E-state index contributed by atoms with van der Waals surface area (Å²) >= 11 is 3.51. The molecule has 0 unspecified atom stereocenters. The minimum absolute atomic E-state index is 0.0866. The number of ether oxygens (including phenoxy) is 1. The molecule has 19 heavy (non-hydrogen) atoms. The molecule has 0 N–H and O–H groups in total. The van der Waals surface area contributed by atoms with Crippen LogP contribution in [0.25, 0.3) is 0 Å². The number of hydrogen-bond donors (Lipinski definition) is 0. The van der Waals surface area contributed by atoms with E-state index in [1.807, 2.05) is 6.07 Å². The van der Waals surface area contributed by atoms with Gasteiger partial charge >= 0.3 is 0 Å². The molecule has 1 aromatic rings. The maximum atomic E-state index is 10.3. The van der Waals surface area contributed by atoms with E-state index in [4.69, 9.17) is 4.74 Å². The Hall–Kier alpha value is -0.830. The highest BCUT2D eigenvalue weighted by Gasteiger charge is 2.27. The molecule has 0 spiro atoms. The van der Waals surface area contributed by atoms with Crippen molar-refractivity contribution in [2.45, 2.75) is 46.5 Å². The first-order chi connectivity index (χ1) is 8.65. The molecule has 0 aliphatic heterocycles. The van der Waals surface area contributed by atoms with Crippen LogP contribution in [0.2, 0.25) is 0 Å². The van der Waals surface area contributed by atoms with Gasteiger partial charge in [0.05, 0.1) is 4.47 Å². The van der Waals surface area contributed by atoms with Gasteiger partial charge in [-0.25, -0.2) is 0 Å². The second-order valence-corrected chi connectivity index (χ2v) is 7.60. The fourth-order valence-corrected chi connectivity index (χ4v) is 3.08. The van der Waals surface area contributed by atoms with Gasteiger partial charge in [0.2, 0.25) is 0 Å². The molecule has 0 saturated heterocycles. The van der Waals surface area contributed by atoms with Crippen molar-refractivity contribution in [3.63, 3.8) is 0 Å². The first-order valence-electron chi connectivity index (χ1n) is 6.52. The van der Waals surface area contributed by atoms with E-state index in [0.717, 1.165) is 17.2 Å². The lowest BCUT2D eigenvalue weighted by Gasteiger charge is -2.33. The molecule has 2 nitrogen and oxygen atoms in total. The molecule has 0 radical (unpaired) electrons. The fourth-order valence-electron chi connectivity index (χ4n) is 2.59. The van der Waals surface area contributed by atoms with Gasteiger partial charge in [-0.05, 0) is 50.9 Å². The maximum absolute atomic E-state index is 10.3. The van der Waals surface area contributed by atoms with Crippen LogP contribution in [0.3, 0.4) is 0 Å². The van der Waals surface area contributed by atoms with E-state index in [1.165, 1.54) is 5.56 Å². The molecule has 1 aromatic carbocycles. The number of carbonyl (C=O) groups is 1. The number of hydrogen-bond acceptors (Lipinski definition) is 2. The highest BCUT2D eigenvalue weighted by Crippen LogP contribution is 2.38. The molecule has 0 saturated carbocycles. The normalized spacial score (nSPS) is 12.3. The second kappa shape index (κ2) is 6.08. The maximum Gasteiger partial charge on any atom is 0.157 e. The number of carbonyl (C=O) groups excluding carboxylic acids is 1. The van der Waals surface area contributed by atoms with E-state index in [0.29, 0.717) is 5.75 Å². The summed E-state index contributed by atoms with van der Waals surface area (Å²) in [5.74, 6) is 0.711. The molecule has 3 heteroatoms. The van der Waals surface area contributed by atoms with E-state index in [9.17, 15) is 4.79 Å². The van der Waals surface area contributed by atoms with Gasteiger partial charge in [0.25, 0.3) is 0 Å². The number of rotatable bonds is 5. The Kier molecular flexibility index (Phi) is 5.19. The zero-order valence-electron chi connectivity index (χ0n) is 12.4. The van der Waals surface area contributed by atoms with Crippen LogP contribution in [-0.4, -0.2) is 12.9 Å². The van der Waals surface area contributed by atoms with Crippen molar-refractivity contribution in [2.24, 2.45) is 5.41 Å². The SMILES string of the molecule is CC(C)(C)CC(C)(C)c1ccc(OCC=O)c(Br)c1. The molecule has 0 heterocycles. The van der Waals surface area contributed by atoms with Crippen LogP contribution in [0.4, 0.5) is 0 Å². The highest BCUT2D eigenvalue weighted by atomic mass is 79.9. The van der Waals surface area contributed by atoms with Gasteiger partial charge < -0.3 is 4.74 Å². The van der Waals surface area contributed by atoms with Gasteiger partial charge in [-0.1, -0.05) is 40.7 Å². The summed E-state index contributed by atoms with van der Waals surface area (Å²) in [5.41, 5.74) is 1.65. The summed E-state index contributed by atoms with van der Waals surface area (Å²) < 4.78 is 6.24. The van der Waals surface area contributed by atoms with E-state index < -0.39 is 0 Å². The Morgan fingerprint density at radius 1 is 1.21 bits per heavy atom. The summed E-state index contributed by atoms with van der Waals surface area (Å²) in [4.78, 5) is 10.3. The summed E-state index contributed by atoms with van der Waals surface area (Å²) in [7, 11) is 0. The lowest BCUT2D eigenvalue weighted by Crippen LogP contribution is -2.24. The Morgan fingerprint density at radius 2 is 1.84 bits per heavy atom. The van der Waals surface area contributed by atoms with Gasteiger partial charge in [0.1, 0.15) is 12.4 Å². The highest BCUT2D eigenvalue weighted by molar-refractivity contribution is 9.10. The molecule has 0 bridgehead atoms. The molecule has 106 valence electrons. The lowest BCUT2D eigenvalue weighted by atomic mass is 9.72. The number of halogens is 1. The fraction of sp³-hybridized carbons (Fsp3) is 0.562. The third-order valence-corrected chi connectivity index (χ3v) is 3.61. The third kappa shape index (κ3) is 4.98. The van der Waals surface area contributed by atoms with Crippen molar-refractivity contribution in [3.05, 3.63) is 28.2 Å². The quantitative estimate of drug-likeness (QED) is 0.730. The van der Waals surface area contributed by atoms with Crippen molar-refractivity contribution in [3.8, 4) is 5.75 Å². The van der Waals surface area contributed by atoms with Crippen molar-refractivity contribution < 1.29 is 9.53 Å². The average Bonchev–Trinajstić information content (AvgIpc) is 2.24. The molecule has 0 atom stereocenters. The topological polar surface area (TPSA) is 26.3 Å². The van der Waals surface area contributed by atoms with Crippen molar-refractivity contribution in [1.29, 1.82) is 0 Å². The van der Waals surface area contributed by atoms with Crippen LogP contribution in [0.5, 0.6) is 5.75 Å². The summed E-state index contributed by atoms with van der Waals surface area (Å²) in [6.45, 7) is 11.4. The van der Waals surface area contributed by atoms with E-state index in [1.54, 1.807) is 0 Å². The first kappa shape index (κ1) is 16.2. The van der Waals surface area contributed by atoms with Crippen molar-refractivity contribution in [2.75, 3.05) is 6.61 Å². The second-order valence-electron chi connectivity index (χ2n) is 6.74. The molecule has 0 aliphatic carbocycles. The van der Waals surface area contributed by atoms with Crippen LogP contribution in [-0.2, 0) is 10.2 Å². The minimum Gasteiger partial charge on any atom is -0.485 e. The van der Waals surface area contributed by atoms with Crippen LogP contribution in [0.15, 0.2) is 22.7 Å². The Labute approximate surface area is 124 Å². The summed E-state index contributed by atoms with van der Waals surface area (Å²) in [5, 5.41) is 0. The van der Waals surface area contributed by atoms with Crippen LogP contribution >= 0.6 is 15.9 Å². The summed E-state index contributed by atoms with van der Waals surface area (Å²) in [6, 6.07) is 6.09. The van der Waals surface area contributed by atoms with Crippen LogP contribution in [0, 0.1) is 5.41 Å². The van der Waals surface area contributed by atoms with Gasteiger partial charge in [0.15, 0.2) is 6.29 Å². The van der Waals surface area contributed by atoms with Crippen LogP contribution in [0.1, 0.15) is 46.6 Å². The monoisotopic (exact) mass is 326 g/mol. The molecule has 0 aliphatic rings. The third-order valence-electron chi connectivity index (χ3n) is 2.99. The number of benzene rings is 1. The van der Waals surface area contributed by atoms with Gasteiger partial charge in [-0.2, -0.15) is 0 Å². The van der Waals surface area contributed by atoms with Crippen LogP contribution < -0.4 is 4.74 Å². The average molecular weight is 327 g/mol. The first-order valence-corrected chi connectivity index (χ1v) is 7.31. The molecule has 0 fully saturated rings. The lowest BCUT2D eigenvalue weighted by molar-refractivity contribution is -0.109. The standard InChI is InChI=1S/C16H23BrO2/c1-15(2,3)11-16(4,5)12-6-7-14(13(17)10-12)19-9-8-18/h6-8,10H,9,11H2,1-5H3. The smallest absolute Gasteiger partial charge is 0.157 e. The molecule has 0 aromatic heterocycles. The minimum atomic E-state index is 0.0866. The van der Waals surface area contributed by atoms with Gasteiger partial charge in [-0.3, -0.25) is 4.79 Å². The van der Waals surface area contributed by atoms with Gasteiger partial charge in [0, 0.05) is 0 Å². The predicted octanol–water partition coefficient (Wildman–Crippen LogP) is 4.74. The molecule has 1 rings (SSSR count). The Bertz CT molecular complexity index is 445. The largest absolute Gasteiger partial charge is 0.485 e. The van der Waals surface area contributed by atoms with E-state index in [2.05, 4.69) is 62.7 Å². The van der Waals surface area contributed by atoms with Crippen molar-refractivity contribution >= 4 is 22.2 Å². The van der Waals surface area contributed by atoms with E-state index >= 15 is 0 Å². The summed E-state index contributed by atoms with van der Waals surface area (Å²) in [6.07, 6.45) is 1.85. The Morgan fingerprint density at radius 3 is 2.32 bits per heavy atom. The zero-order chi connectivity index (χ0) is 14.7. The zero-order valence-corrected chi connectivity index (χ0v) is 14.0.